The van der Waals surface area contributed by atoms with Crippen molar-refractivity contribution in [1.29, 1.82) is 5.41 Å². The molecular weight excluding hydrogens is 864 g/mol. The Kier molecular flexibility index (Phi) is 14.1. The van der Waals surface area contributed by atoms with Gasteiger partial charge in [-0.05, 0) is 128 Å². The Morgan fingerprint density at radius 3 is 1.70 bits per heavy atom. The highest BCUT2D eigenvalue weighted by atomic mass is 79.9. The number of nitrogens with zero attached hydrogens (tertiary/aromatic N) is 1. The average molecular weight is 903 g/mol. The Labute approximate surface area is 334 Å². The van der Waals surface area contributed by atoms with Crippen LogP contribution in [0, 0.1) is 19.3 Å². The van der Waals surface area contributed by atoms with Gasteiger partial charge in [0.05, 0.1) is 49.6 Å². The number of allylic oxidation sites excluding steroid dienone is 1. The summed E-state index contributed by atoms with van der Waals surface area (Å²) >= 11 is 7.07. The zero-order chi connectivity index (χ0) is 41.6. The molecule has 0 atom stereocenters. The Morgan fingerprint density at radius 1 is 0.607 bits per heavy atom. The number of carboxylic acids is 6. The number of H-pyrrole nitrogens is 2. The molecule has 4 rings (SSSR count). The Bertz CT molecular complexity index is 2430. The molecular formula is C38H38Br2N4O12. The van der Waals surface area contributed by atoms with Gasteiger partial charge < -0.3 is 40.6 Å². The van der Waals surface area contributed by atoms with Crippen molar-refractivity contribution in [2.24, 2.45) is 0 Å². The Balaban J connectivity index is 2.40. The molecule has 6 bridgehead atoms. The quantitative estimate of drug-likeness (QED) is 0.0780. The van der Waals surface area contributed by atoms with E-state index in [4.69, 9.17) is 4.98 Å². The van der Waals surface area contributed by atoms with Gasteiger partial charge >= 0.3 is 35.8 Å². The third-order valence-corrected chi connectivity index (χ3v) is 10.9. The van der Waals surface area contributed by atoms with E-state index < -0.39 is 55.1 Å². The molecule has 0 radical (unpaired) electrons. The van der Waals surface area contributed by atoms with Gasteiger partial charge in [0.2, 0.25) is 0 Å². The summed E-state index contributed by atoms with van der Waals surface area (Å²) in [6.45, 7) is 3.37. The van der Waals surface area contributed by atoms with E-state index in [-0.39, 0.29) is 98.4 Å². The molecule has 3 aromatic rings. The number of carboxylic acid groups (broad SMARTS) is 6. The number of hydrogen-bond donors (Lipinski definition) is 9. The van der Waals surface area contributed by atoms with Gasteiger partial charge in [-0.2, -0.15) is 0 Å². The summed E-state index contributed by atoms with van der Waals surface area (Å²) in [5.41, 5.74) is 4.39. The van der Waals surface area contributed by atoms with E-state index in [2.05, 4.69) is 41.8 Å². The number of nitrogens with one attached hydrogen (secondary N) is 3. The lowest BCUT2D eigenvalue weighted by molar-refractivity contribution is -0.138. The second-order valence-corrected chi connectivity index (χ2v) is 14.6. The van der Waals surface area contributed by atoms with Crippen LogP contribution in [0.1, 0.15) is 83.3 Å². The molecule has 4 heterocycles. The molecule has 0 fully saturated rings. The SMILES string of the molecule is Cc1c(CCC(=O)O)c2ccc(CC(=O)O)c(CCC(=O)O)c(=N)c(Br)c3[nH]c(c(Br)c4nc(cc1[nH]2)C(CCC(=O)O)=C4CC(=O)O)c(CCC(=O)O)c3C. The lowest BCUT2D eigenvalue weighted by atomic mass is 9.97. The van der Waals surface area contributed by atoms with Crippen molar-refractivity contribution < 1.29 is 59.4 Å². The number of hydrogen-bond acceptors (Lipinski definition) is 8. The van der Waals surface area contributed by atoms with Gasteiger partial charge in [-0.3, -0.25) is 34.2 Å². The van der Waals surface area contributed by atoms with Gasteiger partial charge in [0.15, 0.2) is 0 Å². The van der Waals surface area contributed by atoms with Gasteiger partial charge in [0.1, 0.15) is 0 Å². The van der Waals surface area contributed by atoms with Crippen molar-refractivity contribution in [3.63, 3.8) is 0 Å². The van der Waals surface area contributed by atoms with E-state index in [0.29, 0.717) is 38.9 Å². The lowest BCUT2D eigenvalue weighted by Crippen LogP contribution is -2.15. The van der Waals surface area contributed by atoms with Crippen molar-refractivity contribution in [1.82, 2.24) is 15.0 Å². The maximum atomic E-state index is 12.3. The number of rotatable bonds is 16. The summed E-state index contributed by atoms with van der Waals surface area (Å²) in [6, 6.07) is 4.52. The van der Waals surface area contributed by atoms with E-state index in [0.717, 1.165) is 0 Å². The van der Waals surface area contributed by atoms with Gasteiger partial charge in [-0.25, -0.2) is 4.98 Å². The third-order valence-electron chi connectivity index (χ3n) is 9.34. The first-order valence-electron chi connectivity index (χ1n) is 17.1. The molecule has 1 aliphatic rings. The molecule has 0 spiro atoms. The van der Waals surface area contributed by atoms with Crippen molar-refractivity contribution >= 4 is 101 Å². The number of aromatic nitrogens is 3. The zero-order valence-corrected chi connectivity index (χ0v) is 33.3. The molecule has 0 amide bonds. The van der Waals surface area contributed by atoms with Crippen LogP contribution in [-0.4, -0.2) is 81.4 Å². The number of fused-ring (bicyclic) bond motifs is 6. The monoisotopic (exact) mass is 900 g/mol. The third kappa shape index (κ3) is 10.2. The molecule has 0 aromatic carbocycles. The topological polar surface area (TPSA) is 292 Å². The van der Waals surface area contributed by atoms with E-state index in [1.807, 2.05) is 0 Å². The first kappa shape index (κ1) is 43.1. The lowest BCUT2D eigenvalue weighted by Gasteiger charge is -2.07. The van der Waals surface area contributed by atoms with Crippen molar-refractivity contribution in [3.05, 3.63) is 77.3 Å². The molecule has 1 aliphatic heterocycles. The number of aliphatic carboxylic acids is 6. The van der Waals surface area contributed by atoms with E-state index >= 15 is 0 Å². The Morgan fingerprint density at radius 2 is 1.14 bits per heavy atom. The smallest absolute Gasteiger partial charge is 0.307 e. The average Bonchev–Trinajstić information content (AvgIpc) is 3.72. The van der Waals surface area contributed by atoms with Crippen LogP contribution in [0.2, 0.25) is 0 Å². The second-order valence-electron chi connectivity index (χ2n) is 13.0. The summed E-state index contributed by atoms with van der Waals surface area (Å²) in [5.74, 6) is -7.05. The standard InChI is InChI=1S/C38H38Br2N4O12/c1-16-19(4-9-27(45)46)24-8-3-18(13-31(53)54)21(6-11-29(49)50)35(41)33(39)36-17(2)20(5-10-28(47)48)37(44-36)34(40)38-23(14-32(55)56)22(7-12-30(51)52)26(43-38)15-25(16)42-24/h3,8,15,41-42,44H,4-7,9-14H2,1-2H3,(H,45,46)(H,47,48)(H,49,50)(H,51,52)(H,53,54)(H,55,56). The maximum absolute atomic E-state index is 12.3. The van der Waals surface area contributed by atoms with Crippen LogP contribution in [0.5, 0.6) is 0 Å². The zero-order valence-electron chi connectivity index (χ0n) is 30.1. The van der Waals surface area contributed by atoms with Crippen LogP contribution in [0.15, 0.2) is 27.1 Å². The van der Waals surface area contributed by atoms with Crippen molar-refractivity contribution in [2.45, 2.75) is 78.1 Å². The predicted molar refractivity (Wildman–Crippen MR) is 209 cm³/mol. The highest BCUT2D eigenvalue weighted by molar-refractivity contribution is 9.11. The molecule has 18 heteroatoms. The molecule has 0 unspecified atom stereocenters. The fourth-order valence-electron chi connectivity index (χ4n) is 6.61. The second kappa shape index (κ2) is 18.3. The summed E-state index contributed by atoms with van der Waals surface area (Å²) in [6.07, 6.45) is -2.99. The maximum Gasteiger partial charge on any atom is 0.307 e. The number of aromatic amines is 2. The summed E-state index contributed by atoms with van der Waals surface area (Å²) < 4.78 is 0.286. The Hall–Kier alpha value is -5.62. The van der Waals surface area contributed by atoms with Crippen LogP contribution >= 0.6 is 31.9 Å². The van der Waals surface area contributed by atoms with E-state index in [1.165, 1.54) is 12.1 Å². The molecule has 56 heavy (non-hydrogen) atoms. The summed E-state index contributed by atoms with van der Waals surface area (Å²) in [5, 5.41) is 67.4. The van der Waals surface area contributed by atoms with Crippen molar-refractivity contribution in [2.75, 3.05) is 0 Å². The van der Waals surface area contributed by atoms with Crippen LogP contribution in [-0.2, 0) is 54.5 Å². The number of halogens is 2. The van der Waals surface area contributed by atoms with Crippen molar-refractivity contribution in [3.8, 4) is 0 Å². The number of aryl methyl sites for hydroxylation is 4. The van der Waals surface area contributed by atoms with E-state index in [9.17, 15) is 64.8 Å². The summed E-state index contributed by atoms with van der Waals surface area (Å²) in [4.78, 5) is 82.8. The molecule has 9 N–H and O–H groups in total. The first-order valence-corrected chi connectivity index (χ1v) is 18.7. The highest BCUT2D eigenvalue weighted by Crippen LogP contribution is 2.41. The van der Waals surface area contributed by atoms with Gasteiger partial charge in [0.25, 0.3) is 0 Å². The molecule has 0 saturated heterocycles. The van der Waals surface area contributed by atoms with Crippen LogP contribution in [0.3, 0.4) is 0 Å². The first-order chi connectivity index (χ1) is 26.3. The molecule has 296 valence electrons. The van der Waals surface area contributed by atoms with E-state index in [1.54, 1.807) is 19.9 Å². The molecule has 16 nitrogen and oxygen atoms in total. The molecule has 3 aromatic heterocycles. The van der Waals surface area contributed by atoms with Gasteiger partial charge in [-0.15, -0.1) is 0 Å². The van der Waals surface area contributed by atoms with Gasteiger partial charge in [-0.1, -0.05) is 6.07 Å². The number of carbonyl (C=O) groups is 6. The minimum absolute atomic E-state index is 0.0334. The van der Waals surface area contributed by atoms with Crippen LogP contribution < -0.4 is 5.36 Å². The predicted octanol–water partition coefficient (Wildman–Crippen LogP) is 6.16. The molecule has 0 saturated carbocycles. The summed E-state index contributed by atoms with van der Waals surface area (Å²) in [7, 11) is 0. The molecule has 0 aliphatic carbocycles. The normalized spacial score (nSPS) is 11.7. The van der Waals surface area contributed by atoms with Crippen LogP contribution in [0.25, 0.3) is 33.2 Å². The highest BCUT2D eigenvalue weighted by Gasteiger charge is 2.27. The minimum atomic E-state index is -1.27. The minimum Gasteiger partial charge on any atom is -0.481 e. The largest absolute Gasteiger partial charge is 0.481 e. The van der Waals surface area contributed by atoms with Crippen LogP contribution in [0.4, 0.5) is 0 Å². The fraction of sp³-hybridized carbons (Fsp3) is 0.316. The fourth-order valence-corrected chi connectivity index (χ4v) is 7.92. The van der Waals surface area contributed by atoms with Gasteiger partial charge in [0, 0.05) is 36.7 Å².